The quantitative estimate of drug-likeness (QED) is 0.758. The van der Waals surface area contributed by atoms with Gasteiger partial charge in [0.1, 0.15) is 18.2 Å². The van der Waals surface area contributed by atoms with Crippen molar-refractivity contribution in [2.24, 2.45) is 0 Å². The van der Waals surface area contributed by atoms with E-state index in [-0.39, 0.29) is 11.3 Å². The fraction of sp³-hybridized carbons (Fsp3) is 0.188. The molecule has 0 heterocycles. The monoisotopic (exact) mass is 336 g/mol. The number of ketones is 1. The average Bonchev–Trinajstić information content (AvgIpc) is 2.39. The molecule has 0 unspecified atom stereocenters. The number of carbonyl (C=O) groups excluding carboxylic acids is 1. The van der Waals surface area contributed by atoms with Crippen LogP contribution < -0.4 is 4.74 Å². The number of ether oxygens (including phenoxy) is 1. The Morgan fingerprint density at radius 3 is 2.70 bits per heavy atom. The molecule has 0 bridgehead atoms. The zero-order valence-corrected chi connectivity index (χ0v) is 12.8. The molecular formula is C16H14BrFO2. The Hall–Kier alpha value is -1.68. The van der Waals surface area contributed by atoms with Crippen LogP contribution >= 0.6 is 15.9 Å². The van der Waals surface area contributed by atoms with Crippen LogP contribution in [0.2, 0.25) is 0 Å². The highest BCUT2D eigenvalue weighted by atomic mass is 79.9. The minimum atomic E-state index is -0.398. The third kappa shape index (κ3) is 3.45. The van der Waals surface area contributed by atoms with Gasteiger partial charge in [-0.2, -0.15) is 0 Å². The fourth-order valence-corrected chi connectivity index (χ4v) is 2.28. The highest BCUT2D eigenvalue weighted by molar-refractivity contribution is 9.10. The van der Waals surface area contributed by atoms with Crippen LogP contribution in [-0.4, -0.2) is 5.78 Å². The maximum Gasteiger partial charge on any atom is 0.163 e. The zero-order chi connectivity index (χ0) is 14.7. The smallest absolute Gasteiger partial charge is 0.163 e. The molecule has 0 saturated heterocycles. The molecule has 0 radical (unpaired) electrons. The predicted molar refractivity (Wildman–Crippen MR) is 79.6 cm³/mol. The topological polar surface area (TPSA) is 26.3 Å². The van der Waals surface area contributed by atoms with E-state index in [9.17, 15) is 9.18 Å². The molecule has 2 nitrogen and oxygen atoms in total. The minimum absolute atomic E-state index is 0.215. The summed E-state index contributed by atoms with van der Waals surface area (Å²) in [5, 5.41) is 0. The van der Waals surface area contributed by atoms with Crippen LogP contribution in [0.4, 0.5) is 4.39 Å². The van der Waals surface area contributed by atoms with Crippen molar-refractivity contribution in [3.05, 3.63) is 63.4 Å². The first kappa shape index (κ1) is 14.7. The average molecular weight is 337 g/mol. The van der Waals surface area contributed by atoms with Gasteiger partial charge in [-0.25, -0.2) is 4.39 Å². The van der Waals surface area contributed by atoms with Crippen molar-refractivity contribution in [2.45, 2.75) is 20.5 Å². The number of Topliss-reactive ketones (excluding diaryl/α,β-unsaturated/α-hetero) is 1. The van der Waals surface area contributed by atoms with E-state index in [0.717, 1.165) is 10.0 Å². The van der Waals surface area contributed by atoms with Crippen LogP contribution in [0.5, 0.6) is 5.75 Å². The summed E-state index contributed by atoms with van der Waals surface area (Å²) in [7, 11) is 0. The Balaban J connectivity index is 2.24. The maximum absolute atomic E-state index is 13.5. The summed E-state index contributed by atoms with van der Waals surface area (Å²) < 4.78 is 20.1. The van der Waals surface area contributed by atoms with Crippen molar-refractivity contribution >= 4 is 21.7 Å². The molecule has 0 aliphatic carbocycles. The molecule has 2 aromatic carbocycles. The van der Waals surface area contributed by atoms with E-state index in [1.54, 1.807) is 13.0 Å². The summed E-state index contributed by atoms with van der Waals surface area (Å²) >= 11 is 3.39. The fourth-order valence-electron chi connectivity index (χ4n) is 1.84. The lowest BCUT2D eigenvalue weighted by atomic mass is 10.1. The molecule has 0 atom stereocenters. The second kappa shape index (κ2) is 6.18. The van der Waals surface area contributed by atoms with Crippen molar-refractivity contribution in [2.75, 3.05) is 0 Å². The molecule has 2 rings (SSSR count). The summed E-state index contributed by atoms with van der Waals surface area (Å²) in [5.41, 5.74) is 1.69. The van der Waals surface area contributed by atoms with Gasteiger partial charge in [0.15, 0.2) is 5.78 Å². The molecule has 104 valence electrons. The summed E-state index contributed by atoms with van der Waals surface area (Å²) in [5.74, 6) is -0.200. The van der Waals surface area contributed by atoms with Gasteiger partial charge in [-0.05, 0) is 49.2 Å². The van der Waals surface area contributed by atoms with Gasteiger partial charge < -0.3 is 4.74 Å². The van der Waals surface area contributed by atoms with Crippen molar-refractivity contribution in [3.8, 4) is 5.75 Å². The van der Waals surface area contributed by atoms with Gasteiger partial charge >= 0.3 is 0 Å². The Labute approximate surface area is 125 Å². The van der Waals surface area contributed by atoms with Gasteiger partial charge in [0.05, 0.1) is 5.56 Å². The van der Waals surface area contributed by atoms with Crippen molar-refractivity contribution in [1.82, 2.24) is 0 Å². The standard InChI is InChI=1S/C16H14BrFO2/c1-10-6-16(14(11(2)19)8-15(10)18)20-9-12-4-3-5-13(17)7-12/h3-8H,9H2,1-2H3. The van der Waals surface area contributed by atoms with Gasteiger partial charge in [-0.15, -0.1) is 0 Å². The van der Waals surface area contributed by atoms with E-state index < -0.39 is 5.82 Å². The van der Waals surface area contributed by atoms with Gasteiger partial charge in [-0.1, -0.05) is 28.1 Å². The number of carbonyl (C=O) groups is 1. The molecule has 0 aliphatic rings. The Morgan fingerprint density at radius 2 is 2.05 bits per heavy atom. The molecule has 0 fully saturated rings. The first-order chi connectivity index (χ1) is 9.47. The normalized spacial score (nSPS) is 10.4. The van der Waals surface area contributed by atoms with Gasteiger partial charge in [-0.3, -0.25) is 4.79 Å². The zero-order valence-electron chi connectivity index (χ0n) is 11.2. The van der Waals surface area contributed by atoms with E-state index >= 15 is 0 Å². The summed E-state index contributed by atoms with van der Waals surface area (Å²) in [6.45, 7) is 3.37. The number of hydrogen-bond donors (Lipinski definition) is 0. The van der Waals surface area contributed by atoms with Crippen molar-refractivity contribution in [1.29, 1.82) is 0 Å². The molecule has 2 aromatic rings. The lowest BCUT2D eigenvalue weighted by molar-refractivity contribution is 0.101. The molecule has 0 amide bonds. The lowest BCUT2D eigenvalue weighted by Crippen LogP contribution is -2.03. The van der Waals surface area contributed by atoms with Gasteiger partial charge in [0.2, 0.25) is 0 Å². The minimum Gasteiger partial charge on any atom is -0.488 e. The Kier molecular flexibility index (Phi) is 4.55. The Morgan fingerprint density at radius 1 is 1.30 bits per heavy atom. The molecule has 20 heavy (non-hydrogen) atoms. The first-order valence-corrected chi connectivity index (χ1v) is 6.95. The van der Waals surface area contributed by atoms with E-state index in [4.69, 9.17) is 4.74 Å². The van der Waals surface area contributed by atoms with Crippen molar-refractivity contribution < 1.29 is 13.9 Å². The second-order valence-electron chi connectivity index (χ2n) is 4.57. The number of rotatable bonds is 4. The predicted octanol–water partition coefficient (Wildman–Crippen LogP) is 4.68. The van der Waals surface area contributed by atoms with Crippen LogP contribution in [-0.2, 0) is 6.61 Å². The molecule has 0 aliphatic heterocycles. The first-order valence-electron chi connectivity index (χ1n) is 6.15. The van der Waals surface area contributed by atoms with E-state index in [1.165, 1.54) is 13.0 Å². The number of benzene rings is 2. The van der Waals surface area contributed by atoms with Crippen LogP contribution in [0.3, 0.4) is 0 Å². The number of aryl methyl sites for hydroxylation is 1. The molecule has 0 N–H and O–H groups in total. The molecule has 0 spiro atoms. The van der Waals surface area contributed by atoms with Crippen LogP contribution in [0.1, 0.15) is 28.4 Å². The van der Waals surface area contributed by atoms with Crippen molar-refractivity contribution in [3.63, 3.8) is 0 Å². The highest BCUT2D eigenvalue weighted by Gasteiger charge is 2.12. The van der Waals surface area contributed by atoms with Gasteiger partial charge in [0, 0.05) is 4.47 Å². The number of halogens is 2. The summed E-state index contributed by atoms with van der Waals surface area (Å²) in [6, 6.07) is 10.5. The largest absolute Gasteiger partial charge is 0.488 e. The van der Waals surface area contributed by atoms with Gasteiger partial charge in [0.25, 0.3) is 0 Å². The molecule has 0 aromatic heterocycles. The second-order valence-corrected chi connectivity index (χ2v) is 5.49. The van der Waals surface area contributed by atoms with E-state index in [2.05, 4.69) is 15.9 Å². The summed E-state index contributed by atoms with van der Waals surface area (Å²) in [6.07, 6.45) is 0. The third-order valence-electron chi connectivity index (χ3n) is 2.92. The van der Waals surface area contributed by atoms with Crippen LogP contribution in [0, 0.1) is 12.7 Å². The Bertz CT molecular complexity index is 653. The SMILES string of the molecule is CC(=O)c1cc(F)c(C)cc1OCc1cccc(Br)c1. The molecule has 4 heteroatoms. The lowest BCUT2D eigenvalue weighted by Gasteiger charge is -2.11. The third-order valence-corrected chi connectivity index (χ3v) is 3.42. The van der Waals surface area contributed by atoms with E-state index in [0.29, 0.717) is 17.9 Å². The highest BCUT2D eigenvalue weighted by Crippen LogP contribution is 2.24. The summed E-state index contributed by atoms with van der Waals surface area (Å²) in [4.78, 5) is 11.5. The maximum atomic E-state index is 13.5. The van der Waals surface area contributed by atoms with Crippen LogP contribution in [0.25, 0.3) is 0 Å². The van der Waals surface area contributed by atoms with E-state index in [1.807, 2.05) is 24.3 Å². The number of hydrogen-bond acceptors (Lipinski definition) is 2. The molecule has 0 saturated carbocycles. The van der Waals surface area contributed by atoms with Crippen LogP contribution in [0.15, 0.2) is 40.9 Å². The molecular weight excluding hydrogens is 323 g/mol.